The number of benzene rings is 1. The van der Waals surface area contributed by atoms with Crippen LogP contribution in [-0.4, -0.2) is 30.8 Å². The van der Waals surface area contributed by atoms with Crippen molar-refractivity contribution in [3.63, 3.8) is 0 Å². The van der Waals surface area contributed by atoms with Gasteiger partial charge in [0, 0.05) is 12.4 Å². The van der Waals surface area contributed by atoms with Crippen LogP contribution in [0.15, 0.2) is 47.8 Å². The predicted molar refractivity (Wildman–Crippen MR) is 91.2 cm³/mol. The Bertz CT molecular complexity index is 662. The Morgan fingerprint density at radius 1 is 1.36 bits per heavy atom. The largest absolute Gasteiger partial charge is 0.497 e. The first-order valence-corrected chi connectivity index (χ1v) is 7.45. The van der Waals surface area contributed by atoms with E-state index in [9.17, 15) is 4.79 Å². The maximum absolute atomic E-state index is 11.7. The molecule has 7 heteroatoms. The van der Waals surface area contributed by atoms with Gasteiger partial charge in [-0.2, -0.15) is 5.10 Å². The first-order chi connectivity index (χ1) is 10.7. The third kappa shape index (κ3) is 4.99. The number of pyridine rings is 1. The Hall–Kier alpha value is -2.16. The number of amides is 1. The molecular formula is C15H14IN3O3. The smallest absolute Gasteiger partial charge is 0.277 e. The van der Waals surface area contributed by atoms with Crippen molar-refractivity contribution >= 4 is 34.7 Å². The molecule has 2 rings (SSSR count). The normalized spacial score (nSPS) is 10.5. The molecule has 0 saturated carbocycles. The van der Waals surface area contributed by atoms with E-state index in [-0.39, 0.29) is 12.5 Å². The van der Waals surface area contributed by atoms with Crippen LogP contribution in [0.4, 0.5) is 0 Å². The van der Waals surface area contributed by atoms with Gasteiger partial charge in [-0.3, -0.25) is 9.78 Å². The van der Waals surface area contributed by atoms with Gasteiger partial charge in [-0.15, -0.1) is 0 Å². The Balaban J connectivity index is 1.82. The van der Waals surface area contributed by atoms with Gasteiger partial charge in [0.15, 0.2) is 6.61 Å². The number of nitrogens with zero attached hydrogens (tertiary/aromatic N) is 2. The van der Waals surface area contributed by atoms with E-state index >= 15 is 0 Å². The molecule has 6 nitrogen and oxygen atoms in total. The fraction of sp³-hybridized carbons (Fsp3) is 0.133. The Morgan fingerprint density at radius 3 is 2.82 bits per heavy atom. The van der Waals surface area contributed by atoms with Crippen molar-refractivity contribution in [2.24, 2.45) is 5.10 Å². The van der Waals surface area contributed by atoms with Crippen LogP contribution in [0, 0.1) is 3.57 Å². The lowest BCUT2D eigenvalue weighted by Crippen LogP contribution is -2.24. The molecule has 0 spiro atoms. The number of nitrogens with one attached hydrogen (secondary N) is 1. The minimum atomic E-state index is -0.336. The summed E-state index contributed by atoms with van der Waals surface area (Å²) in [6.07, 6.45) is 4.84. The van der Waals surface area contributed by atoms with Gasteiger partial charge in [0.2, 0.25) is 0 Å². The monoisotopic (exact) mass is 411 g/mol. The van der Waals surface area contributed by atoms with Gasteiger partial charge in [-0.1, -0.05) is 0 Å². The summed E-state index contributed by atoms with van der Waals surface area (Å²) in [4.78, 5) is 15.5. The molecule has 0 unspecified atom stereocenters. The highest BCUT2D eigenvalue weighted by molar-refractivity contribution is 14.1. The SMILES string of the molecule is COc1ccc(OCC(=O)N/N=C\c2ccncc2)c(I)c1. The molecule has 0 atom stereocenters. The van der Waals surface area contributed by atoms with E-state index in [1.807, 2.05) is 6.07 Å². The fourth-order valence-electron chi connectivity index (χ4n) is 1.53. The lowest BCUT2D eigenvalue weighted by atomic mass is 10.3. The number of carbonyl (C=O) groups is 1. The average molecular weight is 411 g/mol. The minimum absolute atomic E-state index is 0.115. The van der Waals surface area contributed by atoms with E-state index in [4.69, 9.17) is 9.47 Å². The summed E-state index contributed by atoms with van der Waals surface area (Å²) in [5.41, 5.74) is 3.25. The van der Waals surface area contributed by atoms with Crippen LogP contribution in [-0.2, 0) is 4.79 Å². The number of carbonyl (C=O) groups excluding carboxylic acids is 1. The first-order valence-electron chi connectivity index (χ1n) is 6.37. The van der Waals surface area contributed by atoms with E-state index in [0.717, 1.165) is 14.9 Å². The lowest BCUT2D eigenvalue weighted by molar-refractivity contribution is -0.123. The zero-order valence-electron chi connectivity index (χ0n) is 11.8. The molecule has 114 valence electrons. The molecule has 0 aliphatic rings. The van der Waals surface area contributed by atoms with Gasteiger partial charge in [0.1, 0.15) is 11.5 Å². The highest BCUT2D eigenvalue weighted by atomic mass is 127. The molecule has 0 aliphatic heterocycles. The molecule has 0 fully saturated rings. The molecule has 0 radical (unpaired) electrons. The highest BCUT2D eigenvalue weighted by Crippen LogP contribution is 2.25. The maximum Gasteiger partial charge on any atom is 0.277 e. The summed E-state index contributed by atoms with van der Waals surface area (Å²) < 4.78 is 11.4. The molecule has 1 aromatic carbocycles. The second-order valence-electron chi connectivity index (χ2n) is 4.16. The summed E-state index contributed by atoms with van der Waals surface area (Å²) in [6, 6.07) is 8.93. The Morgan fingerprint density at radius 2 is 2.14 bits per heavy atom. The quantitative estimate of drug-likeness (QED) is 0.450. The van der Waals surface area contributed by atoms with E-state index in [1.54, 1.807) is 43.8 Å². The zero-order chi connectivity index (χ0) is 15.8. The van der Waals surface area contributed by atoms with Gasteiger partial charge in [0.05, 0.1) is 16.9 Å². The number of hydrogen-bond acceptors (Lipinski definition) is 5. The van der Waals surface area contributed by atoms with Crippen molar-refractivity contribution in [3.8, 4) is 11.5 Å². The number of ether oxygens (including phenoxy) is 2. The minimum Gasteiger partial charge on any atom is -0.497 e. The molecule has 0 saturated heterocycles. The summed E-state index contributed by atoms with van der Waals surface area (Å²) in [6.45, 7) is -0.115. The number of rotatable bonds is 6. The second-order valence-corrected chi connectivity index (χ2v) is 5.32. The third-order valence-corrected chi connectivity index (χ3v) is 3.45. The van der Waals surface area contributed by atoms with Gasteiger partial charge in [-0.05, 0) is 58.5 Å². The molecule has 1 heterocycles. The Labute approximate surface area is 141 Å². The van der Waals surface area contributed by atoms with Crippen LogP contribution in [0.25, 0.3) is 0 Å². The lowest BCUT2D eigenvalue weighted by Gasteiger charge is -2.08. The van der Waals surface area contributed by atoms with E-state index in [2.05, 4.69) is 38.1 Å². The van der Waals surface area contributed by atoms with Gasteiger partial charge in [-0.25, -0.2) is 5.43 Å². The number of hydrogen-bond donors (Lipinski definition) is 1. The van der Waals surface area contributed by atoms with Crippen molar-refractivity contribution in [1.82, 2.24) is 10.4 Å². The van der Waals surface area contributed by atoms with Crippen LogP contribution >= 0.6 is 22.6 Å². The molecule has 2 aromatic rings. The topological polar surface area (TPSA) is 72.8 Å². The molecule has 1 aromatic heterocycles. The predicted octanol–water partition coefficient (Wildman–Crippen LogP) is 2.22. The number of halogens is 1. The summed E-state index contributed by atoms with van der Waals surface area (Å²) >= 11 is 2.12. The van der Waals surface area contributed by atoms with Crippen LogP contribution in [0.3, 0.4) is 0 Å². The van der Waals surface area contributed by atoms with Crippen LogP contribution in [0.5, 0.6) is 11.5 Å². The summed E-state index contributed by atoms with van der Waals surface area (Å²) in [7, 11) is 1.60. The molecular weight excluding hydrogens is 397 g/mol. The Kier molecular flexibility index (Phi) is 6.13. The summed E-state index contributed by atoms with van der Waals surface area (Å²) in [5.74, 6) is 1.02. The van der Waals surface area contributed by atoms with Crippen LogP contribution in [0.2, 0.25) is 0 Å². The van der Waals surface area contributed by atoms with E-state index in [1.165, 1.54) is 6.21 Å². The highest BCUT2D eigenvalue weighted by Gasteiger charge is 2.06. The van der Waals surface area contributed by atoms with Crippen molar-refractivity contribution in [2.45, 2.75) is 0 Å². The van der Waals surface area contributed by atoms with Crippen LogP contribution < -0.4 is 14.9 Å². The second kappa shape index (κ2) is 8.32. The van der Waals surface area contributed by atoms with Gasteiger partial charge >= 0.3 is 0 Å². The third-order valence-electron chi connectivity index (χ3n) is 2.61. The number of aromatic nitrogens is 1. The van der Waals surface area contributed by atoms with E-state index < -0.39 is 0 Å². The van der Waals surface area contributed by atoms with Crippen molar-refractivity contribution in [2.75, 3.05) is 13.7 Å². The number of methoxy groups -OCH3 is 1. The zero-order valence-corrected chi connectivity index (χ0v) is 14.0. The van der Waals surface area contributed by atoms with Crippen molar-refractivity contribution < 1.29 is 14.3 Å². The molecule has 0 aliphatic carbocycles. The molecule has 22 heavy (non-hydrogen) atoms. The average Bonchev–Trinajstić information content (AvgIpc) is 2.54. The first kappa shape index (κ1) is 16.2. The molecule has 1 N–H and O–H groups in total. The maximum atomic E-state index is 11.7. The summed E-state index contributed by atoms with van der Waals surface area (Å²) in [5, 5.41) is 3.85. The van der Waals surface area contributed by atoms with Crippen molar-refractivity contribution in [1.29, 1.82) is 0 Å². The standard InChI is InChI=1S/C15H14IN3O3/c1-21-12-2-3-14(13(16)8-12)22-10-15(20)19-18-9-11-4-6-17-7-5-11/h2-9H,10H2,1H3,(H,19,20)/b18-9-. The van der Waals surface area contributed by atoms with Crippen LogP contribution in [0.1, 0.15) is 5.56 Å². The van der Waals surface area contributed by atoms with Crippen molar-refractivity contribution in [3.05, 3.63) is 51.9 Å². The van der Waals surface area contributed by atoms with Gasteiger partial charge in [0.25, 0.3) is 5.91 Å². The van der Waals surface area contributed by atoms with E-state index in [0.29, 0.717) is 5.75 Å². The fourth-order valence-corrected chi connectivity index (χ4v) is 2.17. The molecule has 0 bridgehead atoms. The number of hydrazone groups is 1. The van der Waals surface area contributed by atoms with Gasteiger partial charge < -0.3 is 9.47 Å². The molecule has 1 amide bonds.